The number of benzene rings is 1. The number of hydrogen-bond acceptors (Lipinski definition) is 3. The maximum Gasteiger partial charge on any atom is 0.0589 e. The summed E-state index contributed by atoms with van der Waals surface area (Å²) in [6.45, 7) is 9.86. The molecule has 3 nitrogen and oxygen atoms in total. The van der Waals surface area contributed by atoms with Gasteiger partial charge in [-0.3, -0.25) is 4.90 Å². The fourth-order valence-corrected chi connectivity index (χ4v) is 2.92. The van der Waals surface area contributed by atoms with E-state index in [0.717, 1.165) is 50.9 Å². The lowest BCUT2D eigenvalue weighted by atomic mass is 10.0. The highest BCUT2D eigenvalue weighted by molar-refractivity contribution is 6.30. The maximum absolute atomic E-state index is 6.07. The van der Waals surface area contributed by atoms with Gasteiger partial charge in [-0.05, 0) is 23.6 Å². The van der Waals surface area contributed by atoms with Gasteiger partial charge in [-0.1, -0.05) is 30.7 Å². The number of rotatable bonds is 6. The van der Waals surface area contributed by atoms with E-state index in [1.165, 1.54) is 5.56 Å². The summed E-state index contributed by atoms with van der Waals surface area (Å²) in [6, 6.07) is 8.23. The second-order valence-electron chi connectivity index (χ2n) is 5.59. The van der Waals surface area contributed by atoms with E-state index in [1.807, 2.05) is 12.1 Å². The zero-order valence-corrected chi connectivity index (χ0v) is 13.3. The number of piperazine rings is 1. The molecule has 0 bridgehead atoms. The normalized spacial score (nSPS) is 19.1. The van der Waals surface area contributed by atoms with Crippen LogP contribution in [0.4, 0.5) is 0 Å². The molecule has 1 aliphatic heterocycles. The molecule has 1 heterocycles. The maximum atomic E-state index is 6.07. The Morgan fingerprint density at radius 3 is 2.55 bits per heavy atom. The quantitative estimate of drug-likeness (QED) is 0.803. The molecule has 1 aromatic rings. The summed E-state index contributed by atoms with van der Waals surface area (Å²) < 4.78 is 5.14. The Labute approximate surface area is 127 Å². The predicted octanol–water partition coefficient (Wildman–Crippen LogP) is 2.71. The third-order valence-corrected chi connectivity index (χ3v) is 4.26. The van der Waals surface area contributed by atoms with Crippen molar-refractivity contribution in [3.05, 3.63) is 34.9 Å². The smallest absolute Gasteiger partial charge is 0.0589 e. The van der Waals surface area contributed by atoms with Crippen LogP contribution in [0, 0.1) is 0 Å². The molecule has 2 rings (SSSR count). The summed E-state index contributed by atoms with van der Waals surface area (Å²) in [5.41, 5.74) is 1.33. The highest BCUT2D eigenvalue weighted by atomic mass is 35.5. The molecule has 0 spiro atoms. The molecule has 0 unspecified atom stereocenters. The predicted molar refractivity (Wildman–Crippen MR) is 84.6 cm³/mol. The van der Waals surface area contributed by atoms with Crippen molar-refractivity contribution in [3.63, 3.8) is 0 Å². The van der Waals surface area contributed by atoms with E-state index >= 15 is 0 Å². The summed E-state index contributed by atoms with van der Waals surface area (Å²) >= 11 is 6.07. The molecule has 20 heavy (non-hydrogen) atoms. The fraction of sp³-hybridized carbons (Fsp3) is 0.625. The van der Waals surface area contributed by atoms with E-state index < -0.39 is 0 Å². The van der Waals surface area contributed by atoms with Crippen molar-refractivity contribution in [2.24, 2.45) is 0 Å². The van der Waals surface area contributed by atoms with Gasteiger partial charge in [0.15, 0.2) is 0 Å². The first-order valence-electron chi connectivity index (χ1n) is 7.38. The standard InChI is InChI=1S/C16H25ClN2O/c1-14(15-4-3-5-16(17)12-15)13-19-8-6-18(7-9-19)10-11-20-2/h3-5,12,14H,6-11,13H2,1-2H3/t14-/m0/s1. The molecule has 0 amide bonds. The summed E-state index contributed by atoms with van der Waals surface area (Å²) in [5, 5.41) is 0.832. The molecule has 1 aliphatic rings. The Bertz CT molecular complexity index is 405. The first-order chi connectivity index (χ1) is 9.69. The average molecular weight is 297 g/mol. The van der Waals surface area contributed by atoms with Crippen LogP contribution in [0.2, 0.25) is 5.02 Å². The molecule has 0 N–H and O–H groups in total. The molecule has 1 saturated heterocycles. The Morgan fingerprint density at radius 1 is 1.20 bits per heavy atom. The van der Waals surface area contributed by atoms with Crippen molar-refractivity contribution in [2.45, 2.75) is 12.8 Å². The van der Waals surface area contributed by atoms with Gasteiger partial charge in [0.05, 0.1) is 6.61 Å². The fourth-order valence-electron chi connectivity index (χ4n) is 2.72. The molecular formula is C16H25ClN2O. The van der Waals surface area contributed by atoms with Gasteiger partial charge in [0, 0.05) is 51.4 Å². The monoisotopic (exact) mass is 296 g/mol. The van der Waals surface area contributed by atoms with E-state index in [0.29, 0.717) is 5.92 Å². The number of ether oxygens (including phenoxy) is 1. The Morgan fingerprint density at radius 2 is 1.90 bits per heavy atom. The molecule has 1 atom stereocenters. The zero-order valence-electron chi connectivity index (χ0n) is 12.5. The topological polar surface area (TPSA) is 15.7 Å². The second kappa shape index (κ2) is 7.99. The Balaban J connectivity index is 1.77. The van der Waals surface area contributed by atoms with Crippen LogP contribution in [0.25, 0.3) is 0 Å². The molecular weight excluding hydrogens is 272 g/mol. The van der Waals surface area contributed by atoms with Crippen LogP contribution >= 0.6 is 11.6 Å². The first kappa shape index (κ1) is 15.8. The highest BCUT2D eigenvalue weighted by Gasteiger charge is 2.18. The molecule has 0 aromatic heterocycles. The van der Waals surface area contributed by atoms with Crippen LogP contribution in [0.5, 0.6) is 0 Å². The largest absolute Gasteiger partial charge is 0.383 e. The SMILES string of the molecule is COCCN1CCN(C[C@H](C)c2cccc(Cl)c2)CC1. The van der Waals surface area contributed by atoms with Gasteiger partial charge in [0.25, 0.3) is 0 Å². The molecule has 4 heteroatoms. The van der Waals surface area contributed by atoms with Crippen LogP contribution in [0.15, 0.2) is 24.3 Å². The lowest BCUT2D eigenvalue weighted by Crippen LogP contribution is -2.48. The lowest BCUT2D eigenvalue weighted by molar-refractivity contribution is 0.0947. The van der Waals surface area contributed by atoms with Crippen molar-refractivity contribution < 1.29 is 4.74 Å². The van der Waals surface area contributed by atoms with Gasteiger partial charge in [-0.2, -0.15) is 0 Å². The van der Waals surface area contributed by atoms with Crippen molar-refractivity contribution in [1.82, 2.24) is 9.80 Å². The number of nitrogens with zero attached hydrogens (tertiary/aromatic N) is 2. The van der Waals surface area contributed by atoms with Crippen molar-refractivity contribution in [3.8, 4) is 0 Å². The van der Waals surface area contributed by atoms with Crippen molar-refractivity contribution in [1.29, 1.82) is 0 Å². The summed E-state index contributed by atoms with van der Waals surface area (Å²) in [7, 11) is 1.77. The van der Waals surface area contributed by atoms with Crippen molar-refractivity contribution >= 4 is 11.6 Å². The van der Waals surface area contributed by atoms with E-state index in [-0.39, 0.29) is 0 Å². The van der Waals surface area contributed by atoms with Crippen LogP contribution < -0.4 is 0 Å². The van der Waals surface area contributed by atoms with E-state index in [4.69, 9.17) is 16.3 Å². The van der Waals surface area contributed by atoms with Gasteiger partial charge in [-0.15, -0.1) is 0 Å². The first-order valence-corrected chi connectivity index (χ1v) is 7.76. The van der Waals surface area contributed by atoms with E-state index in [1.54, 1.807) is 7.11 Å². The molecule has 0 radical (unpaired) electrons. The van der Waals surface area contributed by atoms with Gasteiger partial charge < -0.3 is 9.64 Å². The van der Waals surface area contributed by atoms with Gasteiger partial charge >= 0.3 is 0 Å². The Kier molecular flexibility index (Phi) is 6.30. The number of methoxy groups -OCH3 is 1. The summed E-state index contributed by atoms with van der Waals surface area (Å²) in [5.74, 6) is 0.527. The third kappa shape index (κ3) is 4.74. The van der Waals surface area contributed by atoms with Crippen LogP contribution in [0.3, 0.4) is 0 Å². The minimum atomic E-state index is 0.527. The molecule has 0 saturated carbocycles. The molecule has 112 valence electrons. The minimum absolute atomic E-state index is 0.527. The summed E-state index contributed by atoms with van der Waals surface area (Å²) in [6.07, 6.45) is 0. The van der Waals surface area contributed by atoms with Gasteiger partial charge in [0.1, 0.15) is 0 Å². The number of halogens is 1. The van der Waals surface area contributed by atoms with E-state index in [9.17, 15) is 0 Å². The van der Waals surface area contributed by atoms with E-state index in [2.05, 4.69) is 28.9 Å². The second-order valence-corrected chi connectivity index (χ2v) is 6.03. The van der Waals surface area contributed by atoms with Gasteiger partial charge in [0.2, 0.25) is 0 Å². The lowest BCUT2D eigenvalue weighted by Gasteiger charge is -2.35. The molecule has 1 fully saturated rings. The highest BCUT2D eigenvalue weighted by Crippen LogP contribution is 2.20. The minimum Gasteiger partial charge on any atom is -0.383 e. The summed E-state index contributed by atoms with van der Waals surface area (Å²) in [4.78, 5) is 5.03. The zero-order chi connectivity index (χ0) is 14.4. The van der Waals surface area contributed by atoms with Crippen LogP contribution in [0.1, 0.15) is 18.4 Å². The third-order valence-electron chi connectivity index (χ3n) is 4.03. The molecule has 1 aromatic carbocycles. The molecule has 0 aliphatic carbocycles. The Hall–Kier alpha value is -0.610. The number of hydrogen-bond donors (Lipinski definition) is 0. The van der Waals surface area contributed by atoms with Crippen molar-refractivity contribution in [2.75, 3.05) is 53.0 Å². The van der Waals surface area contributed by atoms with Crippen LogP contribution in [-0.2, 0) is 4.74 Å². The van der Waals surface area contributed by atoms with Gasteiger partial charge in [-0.25, -0.2) is 0 Å². The van der Waals surface area contributed by atoms with Crippen LogP contribution in [-0.4, -0.2) is 62.8 Å². The average Bonchev–Trinajstić information content (AvgIpc) is 2.46.